The Morgan fingerprint density at radius 2 is 2.12 bits per heavy atom. The van der Waals surface area contributed by atoms with Gasteiger partial charge in [-0.2, -0.15) is 0 Å². The minimum Gasteiger partial charge on any atom is -0.321 e. The van der Waals surface area contributed by atoms with Crippen molar-refractivity contribution in [1.82, 2.24) is 4.98 Å². The molecule has 0 fully saturated rings. The third-order valence-corrected chi connectivity index (χ3v) is 4.00. The first-order chi connectivity index (χ1) is 7.68. The van der Waals surface area contributed by atoms with Gasteiger partial charge in [0.05, 0.1) is 16.3 Å². The minimum atomic E-state index is -1.30. The fourth-order valence-electron chi connectivity index (χ4n) is 2.04. The molecular formula is C12H9NO2S. The number of aromatic amines is 1. The molecule has 1 aliphatic heterocycles. The number of aryl methyl sites for hydroxylation is 1. The maximum Gasteiger partial charge on any atom is 0.265 e. The van der Waals surface area contributed by atoms with Crippen LogP contribution in [0.2, 0.25) is 0 Å². The van der Waals surface area contributed by atoms with E-state index in [0.29, 0.717) is 4.90 Å². The van der Waals surface area contributed by atoms with Gasteiger partial charge in [0, 0.05) is 16.4 Å². The van der Waals surface area contributed by atoms with Crippen molar-refractivity contribution in [3.63, 3.8) is 0 Å². The van der Waals surface area contributed by atoms with Crippen molar-refractivity contribution in [2.24, 2.45) is 0 Å². The first kappa shape index (κ1) is 9.54. The van der Waals surface area contributed by atoms with Crippen LogP contribution >= 0.6 is 0 Å². The predicted octanol–water partition coefficient (Wildman–Crippen LogP) is 1.93. The zero-order valence-electron chi connectivity index (χ0n) is 8.61. The van der Waals surface area contributed by atoms with Gasteiger partial charge < -0.3 is 4.98 Å². The second-order valence-corrected chi connectivity index (χ2v) is 5.07. The number of pyridine rings is 1. The molecule has 3 rings (SSSR count). The zero-order chi connectivity index (χ0) is 11.3. The summed E-state index contributed by atoms with van der Waals surface area (Å²) in [6.07, 6.45) is 1.77. The Hall–Kier alpha value is -1.68. The lowest BCUT2D eigenvalue weighted by atomic mass is 10.1. The number of benzene rings is 1. The van der Waals surface area contributed by atoms with Gasteiger partial charge in [-0.1, -0.05) is 18.2 Å². The van der Waals surface area contributed by atoms with Gasteiger partial charge in [0.1, 0.15) is 4.90 Å². The van der Waals surface area contributed by atoms with Crippen LogP contribution in [0.5, 0.6) is 0 Å². The van der Waals surface area contributed by atoms with E-state index in [1.807, 2.05) is 25.1 Å². The van der Waals surface area contributed by atoms with Gasteiger partial charge in [0.15, 0.2) is 0 Å². The minimum absolute atomic E-state index is 0.250. The molecule has 1 aromatic heterocycles. The summed E-state index contributed by atoms with van der Waals surface area (Å²) in [6, 6.07) is 5.82. The molecule has 0 aliphatic carbocycles. The molecule has 80 valence electrons. The maximum atomic E-state index is 11.8. The molecule has 16 heavy (non-hydrogen) atoms. The average molecular weight is 231 g/mol. The number of hydrogen-bond donors (Lipinski definition) is 1. The van der Waals surface area contributed by atoms with Crippen molar-refractivity contribution in [3.8, 4) is 0 Å². The number of aromatic nitrogens is 1. The van der Waals surface area contributed by atoms with Gasteiger partial charge in [-0.05, 0) is 18.6 Å². The van der Waals surface area contributed by atoms with Crippen LogP contribution in [-0.2, 0) is 10.8 Å². The van der Waals surface area contributed by atoms with E-state index in [1.165, 1.54) is 0 Å². The number of hydrogen-bond acceptors (Lipinski definition) is 2. The van der Waals surface area contributed by atoms with Crippen molar-refractivity contribution in [1.29, 1.82) is 0 Å². The third-order valence-electron chi connectivity index (χ3n) is 2.81. The molecule has 4 heteroatoms. The molecule has 1 unspecified atom stereocenters. The zero-order valence-corrected chi connectivity index (χ0v) is 9.43. The average Bonchev–Trinajstić information content (AvgIpc) is 2.64. The maximum absolute atomic E-state index is 11.8. The molecule has 1 aromatic carbocycles. The molecule has 0 bridgehead atoms. The van der Waals surface area contributed by atoms with E-state index in [1.54, 1.807) is 11.5 Å². The lowest BCUT2D eigenvalue weighted by molar-refractivity contribution is 0.688. The van der Waals surface area contributed by atoms with E-state index in [-0.39, 0.29) is 5.56 Å². The predicted molar refractivity (Wildman–Crippen MR) is 64.7 cm³/mol. The van der Waals surface area contributed by atoms with Crippen molar-refractivity contribution in [2.45, 2.75) is 11.8 Å². The summed E-state index contributed by atoms with van der Waals surface area (Å²) < 4.78 is 11.6. The fraction of sp³-hybridized carbons (Fsp3) is 0.0833. The summed E-state index contributed by atoms with van der Waals surface area (Å²) in [5.41, 5.74) is 2.39. The molecule has 1 aliphatic rings. The molecule has 0 spiro atoms. The van der Waals surface area contributed by atoms with Crippen molar-refractivity contribution in [3.05, 3.63) is 45.1 Å². The van der Waals surface area contributed by atoms with Crippen molar-refractivity contribution < 1.29 is 4.21 Å². The van der Waals surface area contributed by atoms with Crippen LogP contribution in [0.25, 0.3) is 17.0 Å². The lowest BCUT2D eigenvalue weighted by Crippen LogP contribution is -2.13. The summed E-state index contributed by atoms with van der Waals surface area (Å²) in [7, 11) is -1.30. The van der Waals surface area contributed by atoms with Crippen LogP contribution < -0.4 is 5.56 Å². The normalized spacial score (nSPS) is 17.9. The van der Waals surface area contributed by atoms with E-state index >= 15 is 0 Å². The highest BCUT2D eigenvalue weighted by atomic mass is 32.2. The van der Waals surface area contributed by atoms with Gasteiger partial charge >= 0.3 is 0 Å². The topological polar surface area (TPSA) is 49.9 Å². The van der Waals surface area contributed by atoms with Crippen LogP contribution in [-0.4, -0.2) is 9.19 Å². The third kappa shape index (κ3) is 1.13. The Bertz CT molecular complexity index is 713. The molecule has 1 atom stereocenters. The monoisotopic (exact) mass is 231 g/mol. The number of rotatable bonds is 0. The molecule has 0 saturated heterocycles. The standard InChI is InChI=1S/C12H9NO2S/c1-7-3-2-4-8-9-5-6-16(15)11(9)12(14)13-10(7)8/h2-6H,1H3,(H,13,14). The second kappa shape index (κ2) is 3.15. The Balaban J connectivity index is 2.60. The van der Waals surface area contributed by atoms with Gasteiger partial charge in [-0.15, -0.1) is 0 Å². The lowest BCUT2D eigenvalue weighted by Gasteiger charge is -2.05. The first-order valence-electron chi connectivity index (χ1n) is 4.93. The Morgan fingerprint density at radius 3 is 2.94 bits per heavy atom. The van der Waals surface area contributed by atoms with Crippen molar-refractivity contribution >= 4 is 27.8 Å². The van der Waals surface area contributed by atoms with Crippen LogP contribution in [0.3, 0.4) is 0 Å². The van der Waals surface area contributed by atoms with Crippen LogP contribution in [0.1, 0.15) is 11.1 Å². The van der Waals surface area contributed by atoms with E-state index in [4.69, 9.17) is 0 Å². The quantitative estimate of drug-likeness (QED) is 0.753. The summed E-state index contributed by atoms with van der Waals surface area (Å²) in [5.74, 6) is 0. The molecule has 0 saturated carbocycles. The Kier molecular flexibility index (Phi) is 1.88. The fourth-order valence-corrected chi connectivity index (χ4v) is 3.06. The first-order valence-corrected chi connectivity index (χ1v) is 6.14. The van der Waals surface area contributed by atoms with Crippen LogP contribution in [0, 0.1) is 6.92 Å². The van der Waals surface area contributed by atoms with Crippen molar-refractivity contribution in [2.75, 3.05) is 0 Å². The number of fused-ring (bicyclic) bond motifs is 3. The van der Waals surface area contributed by atoms with E-state index < -0.39 is 10.8 Å². The summed E-state index contributed by atoms with van der Waals surface area (Å²) in [6.45, 7) is 1.94. The van der Waals surface area contributed by atoms with Gasteiger partial charge in [-0.3, -0.25) is 4.79 Å². The van der Waals surface area contributed by atoms with Crippen LogP contribution in [0.15, 0.2) is 33.3 Å². The Labute approximate surface area is 94.3 Å². The van der Waals surface area contributed by atoms with Crippen LogP contribution in [0.4, 0.5) is 0 Å². The molecule has 3 nitrogen and oxygen atoms in total. The summed E-state index contributed by atoms with van der Waals surface area (Å²) >= 11 is 0. The van der Waals surface area contributed by atoms with E-state index in [9.17, 15) is 9.00 Å². The summed E-state index contributed by atoms with van der Waals surface area (Å²) in [4.78, 5) is 15.0. The number of para-hydroxylation sites is 1. The highest BCUT2D eigenvalue weighted by Crippen LogP contribution is 2.28. The highest BCUT2D eigenvalue weighted by Gasteiger charge is 2.19. The molecule has 0 radical (unpaired) electrons. The van der Waals surface area contributed by atoms with Gasteiger partial charge in [0.2, 0.25) is 0 Å². The Morgan fingerprint density at radius 1 is 1.31 bits per heavy atom. The molecule has 2 heterocycles. The molecule has 1 N–H and O–H groups in total. The molecule has 2 aromatic rings. The van der Waals surface area contributed by atoms with E-state index in [2.05, 4.69) is 4.98 Å². The largest absolute Gasteiger partial charge is 0.321 e. The molecule has 0 amide bonds. The molecular weight excluding hydrogens is 222 g/mol. The highest BCUT2D eigenvalue weighted by molar-refractivity contribution is 7.88. The van der Waals surface area contributed by atoms with Gasteiger partial charge in [0.25, 0.3) is 5.56 Å². The second-order valence-electron chi connectivity index (χ2n) is 3.79. The SMILES string of the molecule is Cc1cccc2c3c(c(=O)[nH]c12)S(=O)C=C3. The smallest absolute Gasteiger partial charge is 0.265 e. The number of nitrogens with one attached hydrogen (secondary N) is 1. The van der Waals surface area contributed by atoms with Gasteiger partial charge in [-0.25, -0.2) is 4.21 Å². The number of H-pyrrole nitrogens is 1. The van der Waals surface area contributed by atoms with E-state index in [0.717, 1.165) is 22.0 Å². The summed E-state index contributed by atoms with van der Waals surface area (Å²) in [5, 5.41) is 2.51.